The molecule has 0 saturated carbocycles. The molecule has 0 aromatic carbocycles. The van der Waals surface area contributed by atoms with E-state index >= 15 is 0 Å². The first-order valence-electron chi connectivity index (χ1n) is 8.84. The third-order valence-electron chi connectivity index (χ3n) is 4.70. The van der Waals surface area contributed by atoms with Crippen LogP contribution in [0.25, 0.3) is 17.2 Å². The van der Waals surface area contributed by atoms with Gasteiger partial charge in [0.25, 0.3) is 0 Å². The van der Waals surface area contributed by atoms with Crippen LogP contribution in [0.3, 0.4) is 0 Å². The van der Waals surface area contributed by atoms with E-state index in [9.17, 15) is 0 Å². The molecule has 0 bridgehead atoms. The van der Waals surface area contributed by atoms with Gasteiger partial charge < -0.3 is 21.4 Å². The number of nitrogens with two attached hydrogens (primary N) is 1. The topological polar surface area (TPSA) is 121 Å². The Morgan fingerprint density at radius 2 is 2.18 bits per heavy atom. The van der Waals surface area contributed by atoms with Crippen LogP contribution in [-0.2, 0) is 0 Å². The third-order valence-corrected chi connectivity index (χ3v) is 5.11. The number of hydrogen-bond donors (Lipinski definition) is 3. The van der Waals surface area contributed by atoms with Crippen molar-refractivity contribution in [2.45, 2.75) is 19.0 Å². The van der Waals surface area contributed by atoms with Gasteiger partial charge in [-0.05, 0) is 28.9 Å². The van der Waals surface area contributed by atoms with Crippen LogP contribution in [0.4, 0.5) is 5.82 Å². The molecule has 1 fully saturated rings. The third kappa shape index (κ3) is 3.48. The van der Waals surface area contributed by atoms with Crippen molar-refractivity contribution in [3.8, 4) is 11.5 Å². The molecule has 1 aliphatic heterocycles. The van der Waals surface area contributed by atoms with Crippen LogP contribution in [0.15, 0.2) is 47.2 Å². The lowest BCUT2D eigenvalue weighted by Crippen LogP contribution is -2.56. The highest BCUT2D eigenvalue weighted by molar-refractivity contribution is 9.10. The Bertz CT molecular complexity index is 1040. The number of hydrogen-bond acceptors (Lipinski definition) is 8. The van der Waals surface area contributed by atoms with Crippen molar-refractivity contribution in [2.24, 2.45) is 5.73 Å². The van der Waals surface area contributed by atoms with Gasteiger partial charge >= 0.3 is 0 Å². The molecule has 28 heavy (non-hydrogen) atoms. The number of rotatable bonds is 4. The molecule has 4 rings (SSSR count). The quantitative estimate of drug-likeness (QED) is 0.525. The second-order valence-electron chi connectivity index (χ2n) is 6.66. The summed E-state index contributed by atoms with van der Waals surface area (Å²) in [5.74, 6) is 1.42. The van der Waals surface area contributed by atoms with E-state index in [0.29, 0.717) is 17.0 Å². The zero-order valence-electron chi connectivity index (χ0n) is 15.2. The van der Waals surface area contributed by atoms with Gasteiger partial charge in [0.05, 0.1) is 18.4 Å². The number of anilines is 1. The summed E-state index contributed by atoms with van der Waals surface area (Å²) < 4.78 is 2.62. The van der Waals surface area contributed by atoms with Gasteiger partial charge in [0.15, 0.2) is 11.5 Å². The van der Waals surface area contributed by atoms with Gasteiger partial charge in [-0.1, -0.05) is 0 Å². The molecule has 0 radical (unpaired) electrons. The average molecular weight is 442 g/mol. The van der Waals surface area contributed by atoms with Crippen molar-refractivity contribution in [2.75, 3.05) is 18.0 Å². The van der Waals surface area contributed by atoms with Gasteiger partial charge in [0.1, 0.15) is 16.1 Å². The van der Waals surface area contributed by atoms with Gasteiger partial charge in [-0.3, -0.25) is 4.40 Å². The van der Waals surface area contributed by atoms with E-state index in [-0.39, 0.29) is 12.1 Å². The van der Waals surface area contributed by atoms with Crippen molar-refractivity contribution in [1.29, 1.82) is 5.41 Å². The maximum Gasteiger partial charge on any atom is 0.180 e. The standard InChI is InChI=1S/C18H20BrN9/c1-11-8-27(9-13(25-11)12(4-20)5-21)16-2-3-22-18(26-16)14-6-24-17-7-23-15(19)10-28(14)17/h2-7,10-11,13,20,25H,8-9,21H2,1H3/b12-5+,20-4?. The van der Waals surface area contributed by atoms with Gasteiger partial charge in [-0.2, -0.15) is 0 Å². The van der Waals surface area contributed by atoms with Gasteiger partial charge in [0.2, 0.25) is 0 Å². The van der Waals surface area contributed by atoms with E-state index in [2.05, 4.69) is 48.0 Å². The Morgan fingerprint density at radius 1 is 1.32 bits per heavy atom. The fourth-order valence-electron chi connectivity index (χ4n) is 3.41. The first kappa shape index (κ1) is 18.5. The molecule has 0 spiro atoms. The lowest BCUT2D eigenvalue weighted by atomic mass is 10.0. The zero-order chi connectivity index (χ0) is 19.7. The Kier molecular flexibility index (Phi) is 5.05. The first-order chi connectivity index (χ1) is 13.6. The van der Waals surface area contributed by atoms with Crippen LogP contribution < -0.4 is 16.0 Å². The van der Waals surface area contributed by atoms with Crippen molar-refractivity contribution < 1.29 is 0 Å². The van der Waals surface area contributed by atoms with E-state index in [1.807, 2.05) is 16.7 Å². The molecule has 1 aliphatic rings. The average Bonchev–Trinajstić information content (AvgIpc) is 3.12. The van der Waals surface area contributed by atoms with Gasteiger partial charge in [-0.15, -0.1) is 0 Å². The minimum absolute atomic E-state index is 0.0255. The number of imidazole rings is 1. The molecule has 0 amide bonds. The van der Waals surface area contributed by atoms with Crippen LogP contribution in [0.2, 0.25) is 0 Å². The molecule has 10 heteroatoms. The van der Waals surface area contributed by atoms with E-state index < -0.39 is 0 Å². The normalized spacial score (nSPS) is 20.5. The van der Waals surface area contributed by atoms with Crippen LogP contribution in [0.5, 0.6) is 0 Å². The second kappa shape index (κ2) is 7.64. The lowest BCUT2D eigenvalue weighted by molar-refractivity contribution is 0.424. The molecule has 4 heterocycles. The molecule has 2 unspecified atom stereocenters. The van der Waals surface area contributed by atoms with Crippen molar-refractivity contribution in [3.05, 3.63) is 47.2 Å². The maximum atomic E-state index is 7.58. The summed E-state index contributed by atoms with van der Waals surface area (Å²) in [5, 5.41) is 11.1. The van der Waals surface area contributed by atoms with Gasteiger partial charge in [0, 0.05) is 49.5 Å². The Morgan fingerprint density at radius 3 is 2.96 bits per heavy atom. The molecule has 144 valence electrons. The van der Waals surface area contributed by atoms with Crippen molar-refractivity contribution in [1.82, 2.24) is 29.7 Å². The molecular formula is C18H20BrN9. The molecule has 0 aliphatic carbocycles. The summed E-state index contributed by atoms with van der Waals surface area (Å²) in [5.41, 5.74) is 7.96. The molecule has 3 aromatic heterocycles. The minimum atomic E-state index is -0.0255. The minimum Gasteiger partial charge on any atom is -0.404 e. The van der Waals surface area contributed by atoms with E-state index in [0.717, 1.165) is 29.3 Å². The summed E-state index contributed by atoms with van der Waals surface area (Å²) in [6, 6.07) is 2.10. The molecule has 9 nitrogen and oxygen atoms in total. The van der Waals surface area contributed by atoms with Crippen LogP contribution in [0.1, 0.15) is 6.92 Å². The molecular weight excluding hydrogens is 422 g/mol. The lowest BCUT2D eigenvalue weighted by Gasteiger charge is -2.38. The number of fused-ring (bicyclic) bond motifs is 1. The summed E-state index contributed by atoms with van der Waals surface area (Å²) in [6.07, 6.45) is 9.82. The highest BCUT2D eigenvalue weighted by Crippen LogP contribution is 2.22. The fraction of sp³-hybridized carbons (Fsp3) is 0.278. The van der Waals surface area contributed by atoms with E-state index in [4.69, 9.17) is 16.1 Å². The summed E-state index contributed by atoms with van der Waals surface area (Å²) >= 11 is 3.39. The Hall–Kier alpha value is -2.85. The summed E-state index contributed by atoms with van der Waals surface area (Å²) in [4.78, 5) is 20.0. The number of aromatic nitrogens is 5. The number of piperazine rings is 1. The summed E-state index contributed by atoms with van der Waals surface area (Å²) in [7, 11) is 0. The Labute approximate surface area is 170 Å². The predicted octanol–water partition coefficient (Wildman–Crippen LogP) is 1.61. The number of nitrogens with one attached hydrogen (secondary N) is 2. The highest BCUT2D eigenvalue weighted by atomic mass is 79.9. The van der Waals surface area contributed by atoms with Crippen molar-refractivity contribution in [3.63, 3.8) is 0 Å². The van der Waals surface area contributed by atoms with Crippen LogP contribution >= 0.6 is 15.9 Å². The van der Waals surface area contributed by atoms with Crippen LogP contribution in [-0.4, -0.2) is 55.7 Å². The predicted molar refractivity (Wildman–Crippen MR) is 111 cm³/mol. The number of nitrogens with zero attached hydrogens (tertiary/aromatic N) is 6. The molecule has 3 aromatic rings. The smallest absolute Gasteiger partial charge is 0.180 e. The first-order valence-corrected chi connectivity index (χ1v) is 9.63. The second-order valence-corrected chi connectivity index (χ2v) is 7.47. The molecule has 2 atom stereocenters. The van der Waals surface area contributed by atoms with Gasteiger partial charge in [-0.25, -0.2) is 19.9 Å². The SMILES string of the molecule is CC1CN(c2ccnc(-c3cnc4cnc(Br)cn34)n2)CC(/C(C=N)=C/N)N1. The molecule has 4 N–H and O–H groups in total. The monoisotopic (exact) mass is 441 g/mol. The Balaban J connectivity index is 1.68. The van der Waals surface area contributed by atoms with Crippen LogP contribution in [0, 0.1) is 5.41 Å². The summed E-state index contributed by atoms with van der Waals surface area (Å²) in [6.45, 7) is 3.57. The number of halogens is 1. The van der Waals surface area contributed by atoms with E-state index in [1.165, 1.54) is 12.4 Å². The van der Waals surface area contributed by atoms with Crippen molar-refractivity contribution >= 4 is 33.6 Å². The highest BCUT2D eigenvalue weighted by Gasteiger charge is 2.27. The fourth-order valence-corrected chi connectivity index (χ4v) is 3.71. The maximum absolute atomic E-state index is 7.58. The zero-order valence-corrected chi connectivity index (χ0v) is 16.8. The van der Waals surface area contributed by atoms with E-state index in [1.54, 1.807) is 18.6 Å². The largest absolute Gasteiger partial charge is 0.404 e. The molecule has 1 saturated heterocycles.